The highest BCUT2D eigenvalue weighted by Crippen LogP contribution is 2.42. The predicted octanol–water partition coefficient (Wildman–Crippen LogP) is 3.68. The largest absolute Gasteiger partial charge is 0.505 e. The number of anilines is 2. The van der Waals surface area contributed by atoms with E-state index in [-0.39, 0.29) is 51.7 Å². The van der Waals surface area contributed by atoms with Gasteiger partial charge in [-0.2, -0.15) is 0 Å². The number of carbonyl (C=O) groups excluding carboxylic acids is 4. The number of halogens is 2. The Bertz CT molecular complexity index is 1770. The highest BCUT2D eigenvalue weighted by atomic mass is 32.2. The molecule has 1 aliphatic heterocycles. The van der Waals surface area contributed by atoms with Gasteiger partial charge in [-0.3, -0.25) is 14.9 Å². The molecule has 0 unspecified atom stereocenters. The van der Waals surface area contributed by atoms with Gasteiger partial charge in [0, 0.05) is 23.7 Å². The van der Waals surface area contributed by atoms with E-state index in [4.69, 9.17) is 5.73 Å². The van der Waals surface area contributed by atoms with E-state index in [1.807, 2.05) is 0 Å². The number of nitrogens with one attached hydrogen (secondary N) is 2. The molecule has 3 aromatic carbocycles. The second-order valence-corrected chi connectivity index (χ2v) is 12.4. The van der Waals surface area contributed by atoms with E-state index in [0.29, 0.717) is 6.29 Å². The Morgan fingerprint density at radius 1 is 1.11 bits per heavy atom. The topological polar surface area (TPSA) is 185 Å². The average molecular weight is 645 g/mol. The van der Waals surface area contributed by atoms with Crippen LogP contribution in [-0.2, 0) is 24.2 Å². The quantitative estimate of drug-likeness (QED) is 0.239. The fourth-order valence-corrected chi connectivity index (χ4v) is 6.30. The molecule has 12 nitrogen and oxygen atoms in total. The van der Waals surface area contributed by atoms with E-state index in [1.165, 1.54) is 36.1 Å². The van der Waals surface area contributed by atoms with Crippen LogP contribution in [0.25, 0.3) is 0 Å². The van der Waals surface area contributed by atoms with Crippen LogP contribution in [0.2, 0.25) is 0 Å². The van der Waals surface area contributed by atoms with Crippen molar-refractivity contribution in [3.05, 3.63) is 82.9 Å². The molecule has 4 rings (SSSR count). The maximum absolute atomic E-state index is 14.9. The van der Waals surface area contributed by atoms with E-state index in [2.05, 4.69) is 15.4 Å². The van der Waals surface area contributed by atoms with Gasteiger partial charge in [-0.05, 0) is 66.1 Å². The van der Waals surface area contributed by atoms with Gasteiger partial charge in [-0.25, -0.2) is 22.0 Å². The number of methoxy groups -OCH3 is 1. The minimum absolute atomic E-state index is 0.0152. The normalized spacial score (nSPS) is 16.9. The first kappa shape index (κ1) is 32.9. The van der Waals surface area contributed by atoms with Crippen LogP contribution >= 0.6 is 0 Å². The molecule has 1 saturated heterocycles. The molecule has 0 radical (unpaired) electrons. The standard InChI is InChI=1S/C30H30F2N4O8S/c1-3-45(42,43)25-9-6-19(34-30(41)44-2)14-20(25)27-18(15-37)10-11-36(27)29(40)26(16-4-8-22(32)24(38)13-16)35-23-12-17(28(33)39)5-7-21(23)31/h4-9,12-15,18,26-27,35,38H,3,10-11H2,1-2H3,(H2,33,39)(H,34,41)/t18-,26-,27+/m0/s1. The summed E-state index contributed by atoms with van der Waals surface area (Å²) in [6.45, 7) is 1.37. The van der Waals surface area contributed by atoms with Crippen molar-refractivity contribution in [2.24, 2.45) is 11.7 Å². The summed E-state index contributed by atoms with van der Waals surface area (Å²) in [6, 6.07) is 7.39. The lowest BCUT2D eigenvalue weighted by Crippen LogP contribution is -2.39. The number of phenols is 1. The van der Waals surface area contributed by atoms with Gasteiger partial charge in [0.2, 0.25) is 11.8 Å². The van der Waals surface area contributed by atoms with Gasteiger partial charge in [0.05, 0.1) is 29.5 Å². The molecule has 5 N–H and O–H groups in total. The van der Waals surface area contributed by atoms with Gasteiger partial charge in [-0.15, -0.1) is 0 Å². The van der Waals surface area contributed by atoms with Crippen LogP contribution < -0.4 is 16.4 Å². The fourth-order valence-electron chi connectivity index (χ4n) is 5.18. The third kappa shape index (κ3) is 6.87. The Labute approximate surface area is 257 Å². The Hall–Kier alpha value is -5.05. The summed E-state index contributed by atoms with van der Waals surface area (Å²) in [6.07, 6.45) is -0.144. The minimum atomic E-state index is -3.93. The monoisotopic (exact) mass is 644 g/mol. The first-order valence-electron chi connectivity index (χ1n) is 13.6. The fraction of sp³-hybridized carbons (Fsp3) is 0.267. The van der Waals surface area contributed by atoms with Gasteiger partial charge in [-0.1, -0.05) is 13.0 Å². The van der Waals surface area contributed by atoms with Gasteiger partial charge < -0.3 is 30.6 Å². The SMILES string of the molecule is CCS(=O)(=O)c1ccc(NC(=O)OC)cc1[C@H]1[C@H](C=O)CCN1C(=O)[C@@H](Nc1cc(C(N)=O)ccc1F)c1ccc(F)c(O)c1. The molecule has 0 saturated carbocycles. The van der Waals surface area contributed by atoms with Gasteiger partial charge in [0.1, 0.15) is 18.1 Å². The van der Waals surface area contributed by atoms with E-state index < -0.39 is 63.1 Å². The van der Waals surface area contributed by atoms with Crippen molar-refractivity contribution in [1.82, 2.24) is 4.90 Å². The van der Waals surface area contributed by atoms with Crippen LogP contribution in [0.5, 0.6) is 5.75 Å². The predicted molar refractivity (Wildman–Crippen MR) is 158 cm³/mol. The summed E-state index contributed by atoms with van der Waals surface area (Å²) in [7, 11) is -2.80. The van der Waals surface area contributed by atoms with Crippen LogP contribution in [-0.4, -0.2) is 62.0 Å². The molecule has 0 spiro atoms. The maximum atomic E-state index is 14.9. The number of phenolic OH excluding ortho intramolecular Hbond substituents is 1. The molecule has 3 atom stereocenters. The van der Waals surface area contributed by atoms with Crippen molar-refractivity contribution < 1.29 is 46.2 Å². The minimum Gasteiger partial charge on any atom is -0.505 e. The van der Waals surface area contributed by atoms with E-state index >= 15 is 0 Å². The Kier molecular flexibility index (Phi) is 9.71. The number of rotatable bonds is 10. The zero-order valence-corrected chi connectivity index (χ0v) is 24.9. The molecule has 1 aliphatic rings. The van der Waals surface area contributed by atoms with Crippen molar-refractivity contribution >= 4 is 45.4 Å². The lowest BCUT2D eigenvalue weighted by molar-refractivity contribution is -0.133. The third-order valence-corrected chi connectivity index (χ3v) is 9.28. The van der Waals surface area contributed by atoms with Crippen molar-refractivity contribution in [2.75, 3.05) is 30.0 Å². The summed E-state index contributed by atoms with van der Waals surface area (Å²) < 4.78 is 59.9. The molecular weight excluding hydrogens is 614 g/mol. The second-order valence-electron chi connectivity index (χ2n) is 10.2. The number of likely N-dealkylation sites (tertiary alicyclic amines) is 1. The number of aldehydes is 1. The first-order valence-corrected chi connectivity index (χ1v) is 15.3. The van der Waals surface area contributed by atoms with Crippen molar-refractivity contribution in [2.45, 2.75) is 30.3 Å². The number of hydrogen-bond acceptors (Lipinski definition) is 9. The number of ether oxygens (including phenoxy) is 1. The van der Waals surface area contributed by atoms with Crippen LogP contribution in [0.15, 0.2) is 59.5 Å². The molecule has 3 aromatic rings. The van der Waals surface area contributed by atoms with Crippen LogP contribution in [0.1, 0.15) is 46.9 Å². The molecule has 0 bridgehead atoms. The number of hydrogen-bond donors (Lipinski definition) is 4. The molecule has 1 fully saturated rings. The number of amides is 3. The van der Waals surface area contributed by atoms with Crippen molar-refractivity contribution in [1.29, 1.82) is 0 Å². The molecule has 1 heterocycles. The molecule has 15 heteroatoms. The molecule has 45 heavy (non-hydrogen) atoms. The molecular formula is C30H30F2N4O8S. The van der Waals surface area contributed by atoms with E-state index in [1.54, 1.807) is 0 Å². The average Bonchev–Trinajstić information content (AvgIpc) is 3.45. The van der Waals surface area contributed by atoms with Crippen molar-refractivity contribution in [3.8, 4) is 5.75 Å². The van der Waals surface area contributed by atoms with E-state index in [9.17, 15) is 41.5 Å². The molecule has 3 amide bonds. The van der Waals surface area contributed by atoms with Crippen LogP contribution in [0.3, 0.4) is 0 Å². The zero-order chi connectivity index (χ0) is 33.1. The number of carbonyl (C=O) groups is 4. The summed E-state index contributed by atoms with van der Waals surface area (Å²) >= 11 is 0. The van der Waals surface area contributed by atoms with Crippen LogP contribution in [0.4, 0.5) is 25.0 Å². The first-order chi connectivity index (χ1) is 21.3. The van der Waals surface area contributed by atoms with Gasteiger partial charge in [0.25, 0.3) is 0 Å². The Morgan fingerprint density at radius 3 is 2.44 bits per heavy atom. The zero-order valence-electron chi connectivity index (χ0n) is 24.1. The van der Waals surface area contributed by atoms with Gasteiger partial charge >= 0.3 is 6.09 Å². The summed E-state index contributed by atoms with van der Waals surface area (Å²) in [5.74, 6) is -5.55. The molecule has 0 aromatic heterocycles. The number of primary amides is 1. The summed E-state index contributed by atoms with van der Waals surface area (Å²) in [4.78, 5) is 51.4. The number of nitrogens with zero attached hydrogens (tertiary/aromatic N) is 1. The Morgan fingerprint density at radius 2 is 1.82 bits per heavy atom. The summed E-state index contributed by atoms with van der Waals surface area (Å²) in [5, 5.41) is 15.2. The lowest BCUT2D eigenvalue weighted by Gasteiger charge is -2.32. The number of benzene rings is 3. The number of nitrogens with two attached hydrogens (primary N) is 1. The molecule has 238 valence electrons. The molecule has 0 aliphatic carbocycles. The number of aromatic hydroxyl groups is 1. The van der Waals surface area contributed by atoms with Crippen LogP contribution in [0, 0.1) is 17.6 Å². The third-order valence-electron chi connectivity index (χ3n) is 7.48. The maximum Gasteiger partial charge on any atom is 0.411 e. The Balaban J connectivity index is 1.88. The second kappa shape index (κ2) is 13.3. The summed E-state index contributed by atoms with van der Waals surface area (Å²) in [5.41, 5.74) is 5.08. The number of sulfone groups is 1. The smallest absolute Gasteiger partial charge is 0.411 e. The van der Waals surface area contributed by atoms with E-state index in [0.717, 1.165) is 37.4 Å². The highest BCUT2D eigenvalue weighted by molar-refractivity contribution is 7.91. The van der Waals surface area contributed by atoms with Crippen molar-refractivity contribution in [3.63, 3.8) is 0 Å². The van der Waals surface area contributed by atoms with Gasteiger partial charge in [0.15, 0.2) is 21.4 Å². The lowest BCUT2D eigenvalue weighted by atomic mass is 9.93. The highest BCUT2D eigenvalue weighted by Gasteiger charge is 2.43.